The lowest BCUT2D eigenvalue weighted by Crippen LogP contribution is -2.25. The molecule has 0 radical (unpaired) electrons. The summed E-state index contributed by atoms with van der Waals surface area (Å²) < 4.78 is 5.71. The minimum atomic E-state index is -0.139. The first kappa shape index (κ1) is 10.1. The Morgan fingerprint density at radius 1 is 1.46 bits per heavy atom. The van der Waals surface area contributed by atoms with Crippen molar-refractivity contribution in [3.8, 4) is 0 Å². The highest BCUT2D eigenvalue weighted by Crippen LogP contribution is 2.22. The van der Waals surface area contributed by atoms with E-state index in [0.717, 1.165) is 6.42 Å². The van der Waals surface area contributed by atoms with Crippen LogP contribution >= 0.6 is 0 Å². The fraction of sp³-hybridized carbons (Fsp3) is 0.778. The number of ether oxygens (including phenoxy) is 1. The summed E-state index contributed by atoms with van der Waals surface area (Å²) in [4.78, 5) is 2.77. The molecule has 0 aromatic rings. The number of rotatable bonds is 2. The maximum absolute atomic E-state index is 8.23. The lowest BCUT2D eigenvalue weighted by atomic mass is 10.1. The molecule has 0 spiro atoms. The lowest BCUT2D eigenvalue weighted by Gasteiger charge is -2.24. The molecule has 0 aromatic heterocycles. The molecular formula is C9H15N3O. The van der Waals surface area contributed by atoms with Crippen LogP contribution in [0.3, 0.4) is 0 Å². The van der Waals surface area contributed by atoms with E-state index in [2.05, 4.69) is 10.0 Å². The number of hydrogen-bond acceptors (Lipinski definition) is 2. The molecule has 2 unspecified atom stereocenters. The van der Waals surface area contributed by atoms with Crippen molar-refractivity contribution in [1.29, 1.82) is 0 Å². The van der Waals surface area contributed by atoms with Crippen LogP contribution in [0.1, 0.15) is 27.2 Å². The van der Waals surface area contributed by atoms with Gasteiger partial charge >= 0.3 is 0 Å². The zero-order valence-electron chi connectivity index (χ0n) is 8.27. The maximum Gasteiger partial charge on any atom is 0.0770 e. The number of nitrogens with zero attached hydrogens (tertiary/aromatic N) is 3. The molecule has 0 fully saturated rings. The van der Waals surface area contributed by atoms with Gasteiger partial charge in [-0.25, -0.2) is 0 Å². The smallest absolute Gasteiger partial charge is 0.0770 e. The summed E-state index contributed by atoms with van der Waals surface area (Å²) in [5.74, 6) is 0. The van der Waals surface area contributed by atoms with Gasteiger partial charge in [0.25, 0.3) is 0 Å². The molecule has 1 rings (SSSR count). The highest BCUT2D eigenvalue weighted by atomic mass is 16.5. The van der Waals surface area contributed by atoms with Gasteiger partial charge in [0.15, 0.2) is 0 Å². The second kappa shape index (κ2) is 3.81. The zero-order valence-corrected chi connectivity index (χ0v) is 8.27. The molecule has 0 saturated carbocycles. The Hall–Kier alpha value is -0.990. The maximum atomic E-state index is 8.23. The molecule has 72 valence electrons. The number of azide groups is 1. The lowest BCUT2D eigenvalue weighted by molar-refractivity contribution is -0.0383. The van der Waals surface area contributed by atoms with Crippen molar-refractivity contribution in [3.05, 3.63) is 22.6 Å². The summed E-state index contributed by atoms with van der Waals surface area (Å²) in [6.07, 6.45) is 4.72. The molecule has 0 amide bonds. The summed E-state index contributed by atoms with van der Waals surface area (Å²) >= 11 is 0. The Morgan fingerprint density at radius 2 is 2.15 bits per heavy atom. The van der Waals surface area contributed by atoms with E-state index in [4.69, 9.17) is 10.3 Å². The van der Waals surface area contributed by atoms with Crippen LogP contribution in [0, 0.1) is 0 Å². The van der Waals surface area contributed by atoms with Gasteiger partial charge in [-0.1, -0.05) is 17.3 Å². The highest BCUT2D eigenvalue weighted by Gasteiger charge is 2.23. The third-order valence-corrected chi connectivity index (χ3v) is 1.73. The van der Waals surface area contributed by atoms with Gasteiger partial charge in [-0.05, 0) is 32.7 Å². The minimum Gasteiger partial charge on any atom is -0.369 e. The van der Waals surface area contributed by atoms with Crippen LogP contribution in [-0.4, -0.2) is 17.7 Å². The molecule has 0 bridgehead atoms. The van der Waals surface area contributed by atoms with Gasteiger partial charge in [-0.2, -0.15) is 0 Å². The molecule has 0 aliphatic heterocycles. The molecule has 13 heavy (non-hydrogen) atoms. The molecule has 4 heteroatoms. The highest BCUT2D eigenvalue weighted by molar-refractivity contribution is 5.07. The Kier molecular flexibility index (Phi) is 2.96. The van der Waals surface area contributed by atoms with Crippen molar-refractivity contribution in [2.75, 3.05) is 0 Å². The van der Waals surface area contributed by atoms with Crippen LogP contribution < -0.4 is 0 Å². The Morgan fingerprint density at radius 3 is 2.69 bits per heavy atom. The largest absolute Gasteiger partial charge is 0.369 e. The Balaban J connectivity index is 2.43. The van der Waals surface area contributed by atoms with E-state index in [9.17, 15) is 0 Å². The average Bonchev–Trinajstić information content (AvgIpc) is 2.33. The van der Waals surface area contributed by atoms with Crippen molar-refractivity contribution in [3.63, 3.8) is 0 Å². The molecule has 0 aromatic carbocycles. The molecule has 1 aliphatic carbocycles. The van der Waals surface area contributed by atoms with Crippen LogP contribution in [0.2, 0.25) is 0 Å². The van der Waals surface area contributed by atoms with E-state index >= 15 is 0 Å². The van der Waals surface area contributed by atoms with Crippen LogP contribution in [-0.2, 0) is 4.74 Å². The van der Waals surface area contributed by atoms with E-state index in [-0.39, 0.29) is 17.7 Å². The second-order valence-corrected chi connectivity index (χ2v) is 4.16. The first-order valence-electron chi connectivity index (χ1n) is 4.41. The van der Waals surface area contributed by atoms with Gasteiger partial charge in [0.1, 0.15) is 0 Å². The minimum absolute atomic E-state index is 0.0302. The fourth-order valence-corrected chi connectivity index (χ4v) is 1.34. The summed E-state index contributed by atoms with van der Waals surface area (Å²) in [7, 11) is 0. The predicted molar refractivity (Wildman–Crippen MR) is 51.3 cm³/mol. The molecule has 0 heterocycles. The van der Waals surface area contributed by atoms with Gasteiger partial charge in [0.05, 0.1) is 17.7 Å². The summed E-state index contributed by atoms with van der Waals surface area (Å²) in [6, 6.07) is -0.0302. The van der Waals surface area contributed by atoms with Crippen LogP contribution in [0.4, 0.5) is 0 Å². The van der Waals surface area contributed by atoms with E-state index in [1.54, 1.807) is 0 Å². The second-order valence-electron chi connectivity index (χ2n) is 4.16. The topological polar surface area (TPSA) is 58.0 Å². The standard InChI is InChI=1S/C9H15N3O/c1-9(2,3)13-8-5-4-7(6-8)11-12-10/h4-5,7-8H,6H2,1-3H3. The predicted octanol–water partition coefficient (Wildman–Crippen LogP) is 2.81. The third kappa shape index (κ3) is 3.49. The summed E-state index contributed by atoms with van der Waals surface area (Å²) in [6.45, 7) is 6.05. The van der Waals surface area contributed by atoms with Crippen LogP contribution in [0.5, 0.6) is 0 Å². The average molecular weight is 181 g/mol. The van der Waals surface area contributed by atoms with E-state index in [1.807, 2.05) is 32.9 Å². The van der Waals surface area contributed by atoms with Crippen molar-refractivity contribution < 1.29 is 4.74 Å². The first-order valence-corrected chi connectivity index (χ1v) is 4.41. The Bertz CT molecular complexity index is 248. The molecule has 4 nitrogen and oxygen atoms in total. The molecular weight excluding hydrogens is 166 g/mol. The van der Waals surface area contributed by atoms with E-state index in [0.29, 0.717) is 0 Å². The van der Waals surface area contributed by atoms with E-state index < -0.39 is 0 Å². The Labute approximate surface area is 78.2 Å². The van der Waals surface area contributed by atoms with Gasteiger partial charge < -0.3 is 4.74 Å². The molecule has 1 aliphatic rings. The van der Waals surface area contributed by atoms with Crippen LogP contribution in [0.25, 0.3) is 10.4 Å². The molecule has 2 atom stereocenters. The van der Waals surface area contributed by atoms with Gasteiger partial charge in [-0.3, -0.25) is 0 Å². The van der Waals surface area contributed by atoms with Crippen molar-refractivity contribution in [2.45, 2.75) is 44.9 Å². The SMILES string of the molecule is CC(C)(C)OC1C=CC(N=[N+]=[N-])C1. The monoisotopic (exact) mass is 181 g/mol. The van der Waals surface area contributed by atoms with Gasteiger partial charge in [0, 0.05) is 4.91 Å². The summed E-state index contributed by atoms with van der Waals surface area (Å²) in [5, 5.41) is 3.62. The van der Waals surface area contributed by atoms with E-state index in [1.165, 1.54) is 0 Å². The van der Waals surface area contributed by atoms with Crippen molar-refractivity contribution in [1.82, 2.24) is 0 Å². The normalized spacial score (nSPS) is 27.3. The fourth-order valence-electron chi connectivity index (χ4n) is 1.34. The van der Waals surface area contributed by atoms with Crippen LogP contribution in [0.15, 0.2) is 17.3 Å². The molecule has 0 N–H and O–H groups in total. The zero-order chi connectivity index (χ0) is 9.90. The van der Waals surface area contributed by atoms with Crippen molar-refractivity contribution in [2.24, 2.45) is 5.11 Å². The van der Waals surface area contributed by atoms with Crippen molar-refractivity contribution >= 4 is 0 Å². The first-order chi connectivity index (χ1) is 6.01. The van der Waals surface area contributed by atoms with Gasteiger partial charge in [0.2, 0.25) is 0 Å². The quantitative estimate of drug-likeness (QED) is 0.279. The number of hydrogen-bond donors (Lipinski definition) is 0. The third-order valence-electron chi connectivity index (χ3n) is 1.73. The molecule has 0 saturated heterocycles. The summed E-state index contributed by atoms with van der Waals surface area (Å²) in [5.41, 5.74) is 8.09. The van der Waals surface area contributed by atoms with Gasteiger partial charge in [-0.15, -0.1) is 0 Å².